The molecule has 0 atom stereocenters. The minimum atomic E-state index is -0.506. The van der Waals surface area contributed by atoms with Gasteiger partial charge in [-0.2, -0.15) is 0 Å². The molecule has 0 saturated carbocycles. The monoisotopic (exact) mass is 444 g/mol. The van der Waals surface area contributed by atoms with Gasteiger partial charge in [0.25, 0.3) is 0 Å². The smallest absolute Gasteiger partial charge is 0.341 e. The van der Waals surface area contributed by atoms with Crippen LogP contribution in [0.5, 0.6) is 11.5 Å². The van der Waals surface area contributed by atoms with E-state index in [4.69, 9.17) is 16.3 Å². The fourth-order valence-electron chi connectivity index (χ4n) is 3.00. The van der Waals surface area contributed by atoms with Gasteiger partial charge in [0.1, 0.15) is 5.75 Å². The van der Waals surface area contributed by atoms with Crippen LogP contribution in [0.3, 0.4) is 0 Å². The first-order valence-electron chi connectivity index (χ1n) is 8.91. The predicted octanol–water partition coefficient (Wildman–Crippen LogP) is 4.25. The number of pyridine rings is 1. The van der Waals surface area contributed by atoms with Gasteiger partial charge in [-0.25, -0.2) is 10.2 Å². The molecule has 0 unspecified atom stereocenters. The van der Waals surface area contributed by atoms with Gasteiger partial charge in [0.15, 0.2) is 5.75 Å². The summed E-state index contributed by atoms with van der Waals surface area (Å²) in [4.78, 5) is 30.5. The molecule has 0 spiro atoms. The third-order valence-corrected chi connectivity index (χ3v) is 4.61. The molecule has 2 heterocycles. The van der Waals surface area contributed by atoms with E-state index in [-0.39, 0.29) is 31.3 Å². The fourth-order valence-corrected chi connectivity index (χ4v) is 3.17. The predicted molar refractivity (Wildman–Crippen MR) is 116 cm³/mol. The summed E-state index contributed by atoms with van der Waals surface area (Å²) in [6, 6.07) is 15.5. The fraction of sp³-hybridized carbons (Fsp3) is 0.0952. The highest BCUT2D eigenvalue weighted by atomic mass is 35.5. The number of hydrogen-bond acceptors (Lipinski definition) is 4. The molecule has 9 heteroatoms. The molecule has 0 bridgehead atoms. The van der Waals surface area contributed by atoms with Crippen molar-refractivity contribution in [3.05, 3.63) is 83.1 Å². The minimum Gasteiger partial charge on any atom is -0.455 e. The van der Waals surface area contributed by atoms with E-state index in [1.165, 1.54) is 4.90 Å². The van der Waals surface area contributed by atoms with Gasteiger partial charge in [0, 0.05) is 23.0 Å². The van der Waals surface area contributed by atoms with Crippen LogP contribution >= 0.6 is 24.0 Å². The van der Waals surface area contributed by atoms with Gasteiger partial charge in [-0.1, -0.05) is 35.9 Å². The van der Waals surface area contributed by atoms with E-state index in [0.29, 0.717) is 22.2 Å². The van der Waals surface area contributed by atoms with Crippen LogP contribution in [0, 0.1) is 0 Å². The number of benzene rings is 2. The first-order valence-corrected chi connectivity index (χ1v) is 9.28. The van der Waals surface area contributed by atoms with Crippen LogP contribution in [0.25, 0.3) is 0 Å². The lowest BCUT2D eigenvalue weighted by Crippen LogP contribution is -2.49. The molecule has 154 valence electrons. The van der Waals surface area contributed by atoms with Crippen molar-refractivity contribution in [1.82, 2.24) is 15.8 Å². The molecule has 1 aliphatic rings. The molecule has 2 N–H and O–H groups in total. The van der Waals surface area contributed by atoms with Crippen molar-refractivity contribution in [2.75, 3.05) is 4.90 Å². The maximum Gasteiger partial charge on any atom is 0.341 e. The molecule has 1 aromatic heterocycles. The number of carbonyl (C=O) groups excluding carboxylic acids is 2. The highest BCUT2D eigenvalue weighted by Gasteiger charge is 2.26. The highest BCUT2D eigenvalue weighted by Crippen LogP contribution is 2.40. The number of anilines is 1. The number of hydrogen-bond donors (Lipinski definition) is 2. The number of rotatable bonds is 2. The largest absolute Gasteiger partial charge is 0.455 e. The standard InChI is InChI=1S/C21H17ClN4O3.ClH/c22-16-7-8-19-17(11-16)26(13-15-5-1-2-6-18(15)29-19)21(28)25-24-20(27)10-14-4-3-9-23-12-14;/h1-9,11-12H,10,13H2,(H,24,27)(H,25,28);1H. The Kier molecular flexibility index (Phi) is 6.76. The maximum atomic E-state index is 12.9. The second kappa shape index (κ2) is 9.47. The summed E-state index contributed by atoms with van der Waals surface area (Å²) in [6.45, 7) is 0.258. The van der Waals surface area contributed by atoms with Crippen LogP contribution in [0.15, 0.2) is 67.0 Å². The van der Waals surface area contributed by atoms with Crippen molar-refractivity contribution >= 4 is 41.6 Å². The van der Waals surface area contributed by atoms with Gasteiger partial charge >= 0.3 is 6.03 Å². The summed E-state index contributed by atoms with van der Waals surface area (Å²) in [7, 11) is 0. The highest BCUT2D eigenvalue weighted by molar-refractivity contribution is 6.31. The second-order valence-corrected chi connectivity index (χ2v) is 6.86. The molecule has 4 rings (SSSR count). The lowest BCUT2D eigenvalue weighted by atomic mass is 10.2. The molecular formula is C21H18Cl2N4O3. The number of carbonyl (C=O) groups is 2. The third kappa shape index (κ3) is 4.82. The lowest BCUT2D eigenvalue weighted by molar-refractivity contribution is -0.121. The summed E-state index contributed by atoms with van der Waals surface area (Å²) in [6.07, 6.45) is 3.33. The van der Waals surface area contributed by atoms with Gasteiger partial charge in [0.05, 0.1) is 18.7 Å². The van der Waals surface area contributed by atoms with Crippen molar-refractivity contribution in [2.24, 2.45) is 0 Å². The molecule has 1 aliphatic heterocycles. The summed E-state index contributed by atoms with van der Waals surface area (Å²) in [5.74, 6) is 0.798. The van der Waals surface area contributed by atoms with E-state index in [1.807, 2.05) is 24.3 Å². The Morgan fingerprint density at radius 2 is 1.90 bits per heavy atom. The number of nitrogens with zero attached hydrogens (tertiary/aromatic N) is 2. The number of ether oxygens (including phenoxy) is 1. The quantitative estimate of drug-likeness (QED) is 0.578. The van der Waals surface area contributed by atoms with Crippen molar-refractivity contribution in [3.63, 3.8) is 0 Å². The zero-order valence-corrected chi connectivity index (χ0v) is 17.2. The molecule has 7 nitrogen and oxygen atoms in total. The number of urea groups is 1. The average molecular weight is 445 g/mol. The number of nitrogens with one attached hydrogen (secondary N) is 2. The maximum absolute atomic E-state index is 12.9. The minimum absolute atomic E-state index is 0. The van der Waals surface area contributed by atoms with Crippen molar-refractivity contribution < 1.29 is 14.3 Å². The zero-order valence-electron chi connectivity index (χ0n) is 15.7. The Morgan fingerprint density at radius 3 is 2.70 bits per heavy atom. The zero-order chi connectivity index (χ0) is 20.2. The van der Waals surface area contributed by atoms with E-state index >= 15 is 0 Å². The van der Waals surface area contributed by atoms with Gasteiger partial charge in [0.2, 0.25) is 5.91 Å². The number of halogens is 2. The van der Waals surface area contributed by atoms with E-state index < -0.39 is 6.03 Å². The molecule has 0 radical (unpaired) electrons. The summed E-state index contributed by atoms with van der Waals surface area (Å²) < 4.78 is 5.97. The van der Waals surface area contributed by atoms with Crippen molar-refractivity contribution in [3.8, 4) is 11.5 Å². The normalized spacial score (nSPS) is 11.7. The molecule has 3 aromatic rings. The Bertz CT molecular complexity index is 1060. The Morgan fingerprint density at radius 1 is 1.07 bits per heavy atom. The molecule has 0 fully saturated rings. The van der Waals surface area contributed by atoms with Crippen LogP contribution in [0.4, 0.5) is 10.5 Å². The summed E-state index contributed by atoms with van der Waals surface area (Å²) in [5.41, 5.74) is 6.98. The van der Waals surface area contributed by atoms with Crippen LogP contribution < -0.4 is 20.5 Å². The number of hydrazine groups is 1. The first kappa shape index (κ1) is 21.4. The van der Waals surface area contributed by atoms with Gasteiger partial charge in [-0.3, -0.25) is 20.1 Å². The van der Waals surface area contributed by atoms with Gasteiger partial charge < -0.3 is 4.74 Å². The number of aromatic nitrogens is 1. The number of fused-ring (bicyclic) bond motifs is 2. The molecule has 0 saturated heterocycles. The van der Waals surface area contributed by atoms with Gasteiger partial charge in [-0.05, 0) is 35.9 Å². The van der Waals surface area contributed by atoms with E-state index in [1.54, 1.807) is 42.7 Å². The van der Waals surface area contributed by atoms with Crippen molar-refractivity contribution in [2.45, 2.75) is 13.0 Å². The topological polar surface area (TPSA) is 83.6 Å². The SMILES string of the molecule is Cl.O=C(Cc1cccnc1)NNC(=O)N1Cc2ccccc2Oc2ccc(Cl)cc21. The lowest BCUT2D eigenvalue weighted by Gasteiger charge is -2.22. The van der Waals surface area contributed by atoms with E-state index in [2.05, 4.69) is 15.8 Å². The Labute approximate surface area is 184 Å². The first-order chi connectivity index (χ1) is 14.1. The molecule has 3 amide bonds. The summed E-state index contributed by atoms with van der Waals surface area (Å²) >= 11 is 6.14. The second-order valence-electron chi connectivity index (χ2n) is 6.42. The third-order valence-electron chi connectivity index (χ3n) is 4.37. The molecule has 30 heavy (non-hydrogen) atoms. The van der Waals surface area contributed by atoms with E-state index in [9.17, 15) is 9.59 Å². The van der Waals surface area contributed by atoms with Crippen LogP contribution in [-0.4, -0.2) is 16.9 Å². The van der Waals surface area contributed by atoms with Crippen molar-refractivity contribution in [1.29, 1.82) is 0 Å². The average Bonchev–Trinajstić information content (AvgIpc) is 2.89. The molecular weight excluding hydrogens is 427 g/mol. The van der Waals surface area contributed by atoms with Crippen LogP contribution in [0.2, 0.25) is 5.02 Å². The van der Waals surface area contributed by atoms with Crippen LogP contribution in [-0.2, 0) is 17.8 Å². The number of para-hydroxylation sites is 1. The van der Waals surface area contributed by atoms with Gasteiger partial charge in [-0.15, -0.1) is 12.4 Å². The molecule has 0 aliphatic carbocycles. The van der Waals surface area contributed by atoms with Crippen LogP contribution in [0.1, 0.15) is 11.1 Å². The van der Waals surface area contributed by atoms with E-state index in [0.717, 1.165) is 11.1 Å². The number of amides is 3. The molecule has 2 aromatic carbocycles. The Balaban J connectivity index is 0.00000256. The summed E-state index contributed by atoms with van der Waals surface area (Å²) in [5, 5.41) is 0.469. The Hall–Kier alpha value is -3.29.